The number of nitrogen functional groups attached to an aromatic ring is 2. The predicted octanol–water partition coefficient (Wildman–Crippen LogP) is 0.256. The molecule has 1 aromatic rings. The summed E-state index contributed by atoms with van der Waals surface area (Å²) in [6.45, 7) is 0. The molecule has 0 bridgehead atoms. The number of para-hydroxylation sites is 1. The van der Waals surface area contributed by atoms with Crippen LogP contribution in [0.2, 0.25) is 0 Å². The highest BCUT2D eigenvalue weighted by atomic mass is 15.2. The summed E-state index contributed by atoms with van der Waals surface area (Å²) in [6, 6.07) is 7.12. The highest BCUT2D eigenvalue weighted by Crippen LogP contribution is 2.11. The van der Waals surface area contributed by atoms with Gasteiger partial charge < -0.3 is 11.2 Å². The van der Waals surface area contributed by atoms with Crippen LogP contribution in [-0.2, 0) is 0 Å². The molecule has 6 N–H and O–H groups in total. The third kappa shape index (κ3) is 1.47. The predicted molar refractivity (Wildman–Crippen MR) is 45.3 cm³/mol. The van der Waals surface area contributed by atoms with E-state index in [1.807, 2.05) is 6.07 Å². The molecule has 1 rings (SSSR count). The Kier molecular flexibility index (Phi) is 2.08. The van der Waals surface area contributed by atoms with E-state index in [4.69, 9.17) is 17.0 Å². The van der Waals surface area contributed by atoms with Crippen LogP contribution in [0.15, 0.2) is 24.3 Å². The van der Waals surface area contributed by atoms with Crippen LogP contribution >= 0.6 is 0 Å². The normalized spacial score (nSPS) is 9.18. The molecule has 0 aliphatic carbocycles. The van der Waals surface area contributed by atoms with Gasteiger partial charge in [0.15, 0.2) is 0 Å². The molecular weight excluding hydrogens is 140 g/mol. The van der Waals surface area contributed by atoms with Crippen LogP contribution in [0.5, 0.6) is 0 Å². The summed E-state index contributed by atoms with van der Waals surface area (Å²) >= 11 is 0. The first-order chi connectivity index (χ1) is 5.25. The minimum Gasteiger partial charge on any atom is -0.384 e. The number of rotatable bonds is 2. The maximum absolute atomic E-state index is 7.16. The maximum atomic E-state index is 7.16. The quantitative estimate of drug-likeness (QED) is 0.211. The van der Waals surface area contributed by atoms with Gasteiger partial charge in [0.05, 0.1) is 5.69 Å². The fourth-order valence-electron chi connectivity index (χ4n) is 0.844. The molecule has 0 spiro atoms. The molecule has 0 saturated heterocycles. The first kappa shape index (κ1) is 7.56. The lowest BCUT2D eigenvalue weighted by molar-refractivity contribution is 1.33. The van der Waals surface area contributed by atoms with Gasteiger partial charge in [-0.3, -0.25) is 11.3 Å². The topological polar surface area (TPSA) is 87.9 Å². The molecule has 0 atom stereocenters. The Hall–Kier alpha value is -1.55. The summed E-state index contributed by atoms with van der Waals surface area (Å²) in [6.07, 6.45) is 0. The van der Waals surface area contributed by atoms with Crippen LogP contribution in [0.4, 0.5) is 5.69 Å². The fourth-order valence-corrected chi connectivity index (χ4v) is 0.844. The van der Waals surface area contributed by atoms with Crippen molar-refractivity contribution in [3.63, 3.8) is 0 Å². The highest BCUT2D eigenvalue weighted by molar-refractivity contribution is 6.00. The number of amidine groups is 1. The molecule has 0 radical (unpaired) electrons. The SMILES string of the molecule is N=C(N)c1ccccc1NN. The third-order valence-electron chi connectivity index (χ3n) is 1.37. The lowest BCUT2D eigenvalue weighted by atomic mass is 10.2. The Labute approximate surface area is 64.7 Å². The van der Waals surface area contributed by atoms with Crippen molar-refractivity contribution in [2.24, 2.45) is 11.6 Å². The van der Waals surface area contributed by atoms with Crippen molar-refractivity contribution < 1.29 is 0 Å². The Morgan fingerprint density at radius 2 is 2.00 bits per heavy atom. The molecule has 0 aromatic heterocycles. The van der Waals surface area contributed by atoms with E-state index >= 15 is 0 Å². The van der Waals surface area contributed by atoms with Crippen molar-refractivity contribution in [2.45, 2.75) is 0 Å². The molecule has 0 unspecified atom stereocenters. The van der Waals surface area contributed by atoms with Crippen molar-refractivity contribution >= 4 is 11.5 Å². The van der Waals surface area contributed by atoms with E-state index in [2.05, 4.69) is 5.43 Å². The van der Waals surface area contributed by atoms with E-state index in [-0.39, 0.29) is 5.84 Å². The largest absolute Gasteiger partial charge is 0.384 e. The van der Waals surface area contributed by atoms with Gasteiger partial charge in [0, 0.05) is 5.56 Å². The van der Waals surface area contributed by atoms with Gasteiger partial charge in [0.25, 0.3) is 0 Å². The lowest BCUT2D eigenvalue weighted by Gasteiger charge is -2.05. The number of benzene rings is 1. The number of hydrogen-bond acceptors (Lipinski definition) is 3. The van der Waals surface area contributed by atoms with Crippen molar-refractivity contribution in [1.82, 2.24) is 0 Å². The summed E-state index contributed by atoms with van der Waals surface area (Å²) in [7, 11) is 0. The van der Waals surface area contributed by atoms with Crippen LogP contribution in [-0.4, -0.2) is 5.84 Å². The van der Waals surface area contributed by atoms with Gasteiger partial charge in [-0.05, 0) is 12.1 Å². The minimum absolute atomic E-state index is 0.0125. The second kappa shape index (κ2) is 3.03. The van der Waals surface area contributed by atoms with Crippen LogP contribution in [0.25, 0.3) is 0 Å². The minimum atomic E-state index is 0.0125. The maximum Gasteiger partial charge on any atom is 0.124 e. The highest BCUT2D eigenvalue weighted by Gasteiger charge is 2.00. The zero-order valence-electron chi connectivity index (χ0n) is 5.96. The molecule has 0 aliphatic heterocycles. The molecule has 0 heterocycles. The smallest absolute Gasteiger partial charge is 0.124 e. The van der Waals surface area contributed by atoms with E-state index in [9.17, 15) is 0 Å². The summed E-state index contributed by atoms with van der Waals surface area (Å²) in [5.74, 6) is 5.20. The zero-order valence-corrected chi connectivity index (χ0v) is 5.96. The number of nitrogens with one attached hydrogen (secondary N) is 2. The molecule has 0 amide bonds. The molecule has 4 heteroatoms. The Morgan fingerprint density at radius 3 is 2.45 bits per heavy atom. The van der Waals surface area contributed by atoms with Crippen LogP contribution < -0.4 is 17.0 Å². The van der Waals surface area contributed by atoms with Gasteiger partial charge >= 0.3 is 0 Å². The standard InChI is InChI=1S/C7H10N4/c8-7(9)5-3-1-2-4-6(5)11-10/h1-4,11H,10H2,(H3,8,9). The van der Waals surface area contributed by atoms with Gasteiger partial charge in [0.2, 0.25) is 0 Å². The third-order valence-corrected chi connectivity index (χ3v) is 1.37. The first-order valence-corrected chi connectivity index (χ1v) is 3.15. The summed E-state index contributed by atoms with van der Waals surface area (Å²) in [5.41, 5.74) is 9.02. The second-order valence-corrected chi connectivity index (χ2v) is 2.10. The van der Waals surface area contributed by atoms with E-state index < -0.39 is 0 Å². The van der Waals surface area contributed by atoms with Gasteiger partial charge in [-0.25, -0.2) is 0 Å². The van der Waals surface area contributed by atoms with Gasteiger partial charge in [0.1, 0.15) is 5.84 Å². The molecule has 1 aromatic carbocycles. The fraction of sp³-hybridized carbons (Fsp3) is 0. The zero-order chi connectivity index (χ0) is 8.27. The van der Waals surface area contributed by atoms with Crippen molar-refractivity contribution in [3.05, 3.63) is 29.8 Å². The molecule has 4 nitrogen and oxygen atoms in total. The average molecular weight is 150 g/mol. The Bertz CT molecular complexity index is 269. The summed E-state index contributed by atoms with van der Waals surface area (Å²) in [5, 5.41) is 7.16. The number of anilines is 1. The molecular formula is C7H10N4. The Balaban J connectivity index is 3.12. The number of hydrogen-bond donors (Lipinski definition) is 4. The molecule has 0 saturated carbocycles. The molecule has 58 valence electrons. The van der Waals surface area contributed by atoms with Crippen LogP contribution in [0.1, 0.15) is 5.56 Å². The van der Waals surface area contributed by atoms with Gasteiger partial charge in [-0.2, -0.15) is 0 Å². The molecule has 11 heavy (non-hydrogen) atoms. The Morgan fingerprint density at radius 1 is 1.36 bits per heavy atom. The monoisotopic (exact) mass is 150 g/mol. The van der Waals surface area contributed by atoms with Gasteiger partial charge in [-0.1, -0.05) is 12.1 Å². The van der Waals surface area contributed by atoms with E-state index in [1.54, 1.807) is 18.2 Å². The van der Waals surface area contributed by atoms with Crippen molar-refractivity contribution in [3.8, 4) is 0 Å². The van der Waals surface area contributed by atoms with Gasteiger partial charge in [-0.15, -0.1) is 0 Å². The first-order valence-electron chi connectivity index (χ1n) is 3.15. The van der Waals surface area contributed by atoms with Crippen LogP contribution in [0, 0.1) is 5.41 Å². The molecule has 0 fully saturated rings. The number of nitrogens with two attached hydrogens (primary N) is 2. The van der Waals surface area contributed by atoms with Crippen LogP contribution in [0.3, 0.4) is 0 Å². The van der Waals surface area contributed by atoms with E-state index in [0.717, 1.165) is 0 Å². The number of hydrazine groups is 1. The van der Waals surface area contributed by atoms with Crippen molar-refractivity contribution in [1.29, 1.82) is 5.41 Å². The second-order valence-electron chi connectivity index (χ2n) is 2.10. The van der Waals surface area contributed by atoms with E-state index in [1.165, 1.54) is 0 Å². The van der Waals surface area contributed by atoms with Crippen molar-refractivity contribution in [2.75, 3.05) is 5.43 Å². The lowest BCUT2D eigenvalue weighted by Crippen LogP contribution is -2.16. The average Bonchev–Trinajstić information content (AvgIpc) is 2.04. The summed E-state index contributed by atoms with van der Waals surface area (Å²) < 4.78 is 0. The molecule has 0 aliphatic rings. The van der Waals surface area contributed by atoms with E-state index in [0.29, 0.717) is 11.3 Å². The summed E-state index contributed by atoms with van der Waals surface area (Å²) in [4.78, 5) is 0.